The second-order valence-electron chi connectivity index (χ2n) is 6.76. The summed E-state index contributed by atoms with van der Waals surface area (Å²) in [5, 5.41) is 11.5. The van der Waals surface area contributed by atoms with Gasteiger partial charge < -0.3 is 4.52 Å². The number of hydrogen-bond acceptors (Lipinski definition) is 8. The molecule has 10 heteroatoms. The minimum absolute atomic E-state index is 0.00990. The van der Waals surface area contributed by atoms with Crippen LogP contribution in [0.15, 0.2) is 20.1 Å². The normalized spacial score (nSPS) is 12.6. The quantitative estimate of drug-likeness (QED) is 0.640. The summed E-state index contributed by atoms with van der Waals surface area (Å²) in [6, 6.07) is 1.75. The van der Waals surface area contributed by atoms with Crippen molar-refractivity contribution in [3.05, 3.63) is 28.9 Å². The monoisotopic (exact) mass is 379 g/mol. The molecule has 0 fully saturated rings. The molecule has 3 rings (SSSR count). The van der Waals surface area contributed by atoms with Crippen LogP contribution in [-0.4, -0.2) is 40.2 Å². The minimum atomic E-state index is -3.85. The Morgan fingerprint density at radius 2 is 1.81 bits per heavy atom. The standard InChI is InChI=1S/C16H21N5O4S/c1-9(2)6-13-17-12(18-24-13)8-21(5)26(22,23)16-11(4)7-10(3)14-15(16)20-25-19-14/h7,9H,6,8H2,1-5H3. The summed E-state index contributed by atoms with van der Waals surface area (Å²) in [5.41, 5.74) is 2.03. The lowest BCUT2D eigenvalue weighted by Crippen LogP contribution is -2.28. The second-order valence-corrected chi connectivity index (χ2v) is 8.75. The lowest BCUT2D eigenvalue weighted by molar-refractivity contribution is 0.315. The van der Waals surface area contributed by atoms with Crippen molar-refractivity contribution < 1.29 is 17.6 Å². The van der Waals surface area contributed by atoms with Gasteiger partial charge in [0, 0.05) is 13.5 Å². The van der Waals surface area contributed by atoms with Crippen LogP contribution in [0, 0.1) is 19.8 Å². The van der Waals surface area contributed by atoms with Gasteiger partial charge in [0.2, 0.25) is 15.9 Å². The van der Waals surface area contributed by atoms with Crippen LogP contribution in [0.4, 0.5) is 0 Å². The van der Waals surface area contributed by atoms with E-state index in [2.05, 4.69) is 20.5 Å². The van der Waals surface area contributed by atoms with Gasteiger partial charge in [0.05, 0.1) is 6.54 Å². The van der Waals surface area contributed by atoms with E-state index in [1.54, 1.807) is 13.0 Å². The third-order valence-electron chi connectivity index (χ3n) is 3.99. The Kier molecular flexibility index (Phi) is 4.80. The van der Waals surface area contributed by atoms with Gasteiger partial charge in [-0.25, -0.2) is 13.0 Å². The Morgan fingerprint density at radius 3 is 2.50 bits per heavy atom. The molecule has 2 aromatic heterocycles. The molecule has 0 saturated carbocycles. The summed E-state index contributed by atoms with van der Waals surface area (Å²) < 4.78 is 37.3. The Balaban J connectivity index is 1.93. The molecule has 140 valence electrons. The summed E-state index contributed by atoms with van der Waals surface area (Å²) >= 11 is 0. The third kappa shape index (κ3) is 3.34. The zero-order valence-electron chi connectivity index (χ0n) is 15.3. The molecule has 9 nitrogen and oxygen atoms in total. The summed E-state index contributed by atoms with van der Waals surface area (Å²) in [4.78, 5) is 4.33. The molecule has 0 aliphatic carbocycles. The highest BCUT2D eigenvalue weighted by atomic mass is 32.2. The molecule has 0 atom stereocenters. The average molecular weight is 379 g/mol. The largest absolute Gasteiger partial charge is 0.339 e. The van der Waals surface area contributed by atoms with Crippen molar-refractivity contribution in [2.45, 2.75) is 45.6 Å². The molecule has 0 aliphatic heterocycles. The Labute approximate surface area is 151 Å². The maximum Gasteiger partial charge on any atom is 0.245 e. The molecule has 0 spiro atoms. The SMILES string of the molecule is Cc1cc(C)c2nonc2c1S(=O)(=O)N(C)Cc1noc(CC(C)C)n1. The predicted octanol–water partition coefficient (Wildman–Crippen LogP) is 2.24. The first-order valence-electron chi connectivity index (χ1n) is 8.20. The van der Waals surface area contributed by atoms with Crippen LogP contribution in [-0.2, 0) is 23.0 Å². The van der Waals surface area contributed by atoms with Crippen molar-refractivity contribution in [2.24, 2.45) is 5.92 Å². The molecule has 2 heterocycles. The summed E-state index contributed by atoms with van der Waals surface area (Å²) in [5.74, 6) is 1.18. The summed E-state index contributed by atoms with van der Waals surface area (Å²) in [7, 11) is -2.38. The maximum atomic E-state index is 13.1. The van der Waals surface area contributed by atoms with Gasteiger partial charge in [0.15, 0.2) is 11.3 Å². The highest BCUT2D eigenvalue weighted by Gasteiger charge is 2.29. The lowest BCUT2D eigenvalue weighted by atomic mass is 10.1. The highest BCUT2D eigenvalue weighted by Crippen LogP contribution is 2.29. The van der Waals surface area contributed by atoms with Crippen molar-refractivity contribution in [3.63, 3.8) is 0 Å². The predicted molar refractivity (Wildman–Crippen MR) is 92.8 cm³/mol. The van der Waals surface area contributed by atoms with E-state index in [-0.39, 0.29) is 17.0 Å². The number of hydrogen-bond donors (Lipinski definition) is 0. The van der Waals surface area contributed by atoms with Gasteiger partial charge in [0.1, 0.15) is 10.4 Å². The van der Waals surface area contributed by atoms with Crippen LogP contribution in [0.1, 0.15) is 36.7 Å². The fourth-order valence-electron chi connectivity index (χ4n) is 2.79. The molecule has 0 amide bonds. The van der Waals surface area contributed by atoms with Crippen molar-refractivity contribution in [1.29, 1.82) is 0 Å². The van der Waals surface area contributed by atoms with E-state index in [1.807, 2.05) is 20.8 Å². The zero-order valence-corrected chi connectivity index (χ0v) is 16.2. The van der Waals surface area contributed by atoms with E-state index in [9.17, 15) is 8.42 Å². The number of aromatic nitrogens is 4. The molecular weight excluding hydrogens is 358 g/mol. The first-order valence-corrected chi connectivity index (χ1v) is 9.64. The molecule has 0 saturated heterocycles. The number of fused-ring (bicyclic) bond motifs is 1. The van der Waals surface area contributed by atoms with Crippen molar-refractivity contribution in [1.82, 2.24) is 24.8 Å². The zero-order chi connectivity index (χ0) is 19.1. The lowest BCUT2D eigenvalue weighted by Gasteiger charge is -2.17. The van der Waals surface area contributed by atoms with Gasteiger partial charge in [-0.1, -0.05) is 25.1 Å². The van der Waals surface area contributed by atoms with Gasteiger partial charge in [-0.3, -0.25) is 0 Å². The minimum Gasteiger partial charge on any atom is -0.339 e. The first kappa shape index (κ1) is 18.5. The molecule has 0 radical (unpaired) electrons. The Hall–Kier alpha value is -2.33. The number of sulfonamides is 1. The van der Waals surface area contributed by atoms with Gasteiger partial charge >= 0.3 is 0 Å². The smallest absolute Gasteiger partial charge is 0.245 e. The van der Waals surface area contributed by atoms with Gasteiger partial charge in [-0.05, 0) is 41.2 Å². The van der Waals surface area contributed by atoms with Crippen LogP contribution in [0.2, 0.25) is 0 Å². The van der Waals surface area contributed by atoms with Crippen LogP contribution >= 0.6 is 0 Å². The van der Waals surface area contributed by atoms with Gasteiger partial charge in [0.25, 0.3) is 0 Å². The molecule has 0 aliphatic rings. The molecule has 0 N–H and O–H groups in total. The average Bonchev–Trinajstić information content (AvgIpc) is 3.16. The molecule has 1 aromatic carbocycles. The van der Waals surface area contributed by atoms with Crippen molar-refractivity contribution in [3.8, 4) is 0 Å². The van der Waals surface area contributed by atoms with E-state index >= 15 is 0 Å². The molecule has 26 heavy (non-hydrogen) atoms. The van der Waals surface area contributed by atoms with Gasteiger partial charge in [-0.15, -0.1) is 0 Å². The second kappa shape index (κ2) is 6.76. The highest BCUT2D eigenvalue weighted by molar-refractivity contribution is 7.89. The Morgan fingerprint density at radius 1 is 1.12 bits per heavy atom. The number of aryl methyl sites for hydroxylation is 2. The molecule has 0 bridgehead atoms. The van der Waals surface area contributed by atoms with Crippen molar-refractivity contribution >= 4 is 21.1 Å². The van der Waals surface area contributed by atoms with E-state index in [1.165, 1.54) is 11.4 Å². The van der Waals surface area contributed by atoms with E-state index in [0.29, 0.717) is 35.1 Å². The van der Waals surface area contributed by atoms with Crippen LogP contribution < -0.4 is 0 Å². The van der Waals surface area contributed by atoms with E-state index in [4.69, 9.17) is 9.15 Å². The summed E-state index contributed by atoms with van der Waals surface area (Å²) in [6.07, 6.45) is 0.645. The van der Waals surface area contributed by atoms with Crippen molar-refractivity contribution in [2.75, 3.05) is 7.05 Å². The first-order chi connectivity index (χ1) is 12.2. The van der Waals surface area contributed by atoms with E-state index in [0.717, 1.165) is 5.56 Å². The topological polar surface area (TPSA) is 115 Å². The number of rotatable bonds is 6. The maximum absolute atomic E-state index is 13.1. The van der Waals surface area contributed by atoms with Gasteiger partial charge in [-0.2, -0.15) is 9.29 Å². The van der Waals surface area contributed by atoms with Crippen LogP contribution in [0.25, 0.3) is 11.0 Å². The molecule has 0 unspecified atom stereocenters. The number of nitrogens with zero attached hydrogens (tertiary/aromatic N) is 5. The third-order valence-corrected chi connectivity index (χ3v) is 5.97. The van der Waals surface area contributed by atoms with E-state index < -0.39 is 10.0 Å². The fraction of sp³-hybridized carbons (Fsp3) is 0.500. The fourth-order valence-corrected chi connectivity index (χ4v) is 4.24. The Bertz CT molecular complexity index is 1040. The number of benzene rings is 1. The molecular formula is C16H21N5O4S. The van der Waals surface area contributed by atoms with Crippen LogP contribution in [0.3, 0.4) is 0 Å². The molecule has 3 aromatic rings. The summed E-state index contributed by atoms with van der Waals surface area (Å²) in [6.45, 7) is 7.62. The van der Waals surface area contributed by atoms with Crippen LogP contribution in [0.5, 0.6) is 0 Å².